The van der Waals surface area contributed by atoms with Gasteiger partial charge in [0.1, 0.15) is 5.75 Å². The topological polar surface area (TPSA) is 51.7 Å². The fraction of sp³-hybridized carbons (Fsp3) is 0. The summed E-state index contributed by atoms with van der Waals surface area (Å²) in [6.45, 7) is 0. The highest BCUT2D eigenvalue weighted by Crippen LogP contribution is 2.03. The third kappa shape index (κ3) is 11.8. The Hall–Kier alpha value is -2.55. The molecule has 0 heterocycles. The zero-order chi connectivity index (χ0) is 15.9. The van der Waals surface area contributed by atoms with Crippen molar-refractivity contribution in [1.82, 2.24) is 0 Å². The normalized spacial score (nSPS) is 8.74. The summed E-state index contributed by atoms with van der Waals surface area (Å²) >= 11 is 5.36. The average Bonchev–Trinajstić information content (AvgIpc) is 2.60. The molecule has 0 saturated carbocycles. The fourth-order valence-electron chi connectivity index (χ4n) is 1.45. The molecule has 0 bridgehead atoms. The highest BCUT2D eigenvalue weighted by atomic mass is 35.5. The first kappa shape index (κ1) is 20.5. The minimum Gasteiger partial charge on any atom is -0.508 e. The lowest BCUT2D eigenvalue weighted by Gasteiger charge is -1.86. The summed E-state index contributed by atoms with van der Waals surface area (Å²) < 4.78 is 0. The Balaban J connectivity index is 0.000000315. The molecule has 0 amide bonds. The molecule has 2 nitrogen and oxygen atoms in total. The third-order valence-corrected chi connectivity index (χ3v) is 2.60. The molecule has 3 heteroatoms. The van der Waals surface area contributed by atoms with Crippen LogP contribution in [0.3, 0.4) is 0 Å². The SMILES string of the molecule is ClC=Cc1ccccc1.O.Oc1ccccc1.c1ccccc1. The summed E-state index contributed by atoms with van der Waals surface area (Å²) in [6.07, 6.45) is 1.85. The quantitative estimate of drug-likeness (QED) is 0.659. The van der Waals surface area contributed by atoms with Gasteiger partial charge in [0.15, 0.2) is 0 Å². The van der Waals surface area contributed by atoms with Crippen molar-refractivity contribution < 1.29 is 10.6 Å². The summed E-state index contributed by atoms with van der Waals surface area (Å²) in [5.74, 6) is 0.322. The largest absolute Gasteiger partial charge is 0.508 e. The smallest absolute Gasteiger partial charge is 0.115 e. The molecular formula is C20H21ClO2. The van der Waals surface area contributed by atoms with Gasteiger partial charge in [-0.25, -0.2) is 0 Å². The third-order valence-electron chi connectivity index (χ3n) is 2.48. The van der Waals surface area contributed by atoms with E-state index in [0.29, 0.717) is 5.75 Å². The van der Waals surface area contributed by atoms with E-state index >= 15 is 0 Å². The molecule has 0 saturated heterocycles. The summed E-state index contributed by atoms with van der Waals surface area (Å²) in [4.78, 5) is 0. The number of phenols is 1. The van der Waals surface area contributed by atoms with Crippen molar-refractivity contribution in [1.29, 1.82) is 0 Å². The number of benzene rings is 3. The van der Waals surface area contributed by atoms with Crippen LogP contribution < -0.4 is 0 Å². The van der Waals surface area contributed by atoms with Crippen LogP contribution in [0.4, 0.5) is 0 Å². The highest BCUT2D eigenvalue weighted by Gasteiger charge is 1.78. The number of para-hydroxylation sites is 1. The molecule has 3 N–H and O–H groups in total. The molecule has 0 spiro atoms. The van der Waals surface area contributed by atoms with Crippen LogP contribution >= 0.6 is 11.6 Å². The Bertz CT molecular complexity index is 584. The maximum Gasteiger partial charge on any atom is 0.115 e. The zero-order valence-corrected chi connectivity index (χ0v) is 13.5. The molecule has 0 radical (unpaired) electrons. The lowest BCUT2D eigenvalue weighted by Crippen LogP contribution is -1.64. The van der Waals surface area contributed by atoms with Crippen molar-refractivity contribution in [3.63, 3.8) is 0 Å². The van der Waals surface area contributed by atoms with E-state index in [1.807, 2.05) is 78.9 Å². The molecule has 0 aliphatic rings. The molecule has 0 fully saturated rings. The zero-order valence-electron chi connectivity index (χ0n) is 12.7. The number of hydrogen-bond donors (Lipinski definition) is 1. The van der Waals surface area contributed by atoms with Gasteiger partial charge in [0.25, 0.3) is 0 Å². The van der Waals surface area contributed by atoms with Gasteiger partial charge in [-0.15, -0.1) is 0 Å². The summed E-state index contributed by atoms with van der Waals surface area (Å²) in [5.41, 5.74) is 2.64. The molecule has 0 aromatic heterocycles. The fourth-order valence-corrected chi connectivity index (χ4v) is 1.60. The molecule has 3 aromatic rings. The molecule has 3 aromatic carbocycles. The van der Waals surface area contributed by atoms with E-state index in [1.54, 1.807) is 24.3 Å². The van der Waals surface area contributed by atoms with Gasteiger partial charge in [-0.1, -0.05) is 96.5 Å². The van der Waals surface area contributed by atoms with Crippen LogP contribution in [0.1, 0.15) is 5.56 Å². The van der Waals surface area contributed by atoms with E-state index in [2.05, 4.69) is 0 Å². The van der Waals surface area contributed by atoms with Crippen molar-refractivity contribution in [2.24, 2.45) is 0 Å². The van der Waals surface area contributed by atoms with Crippen LogP contribution in [0.15, 0.2) is 103 Å². The molecule has 23 heavy (non-hydrogen) atoms. The number of hydrogen-bond acceptors (Lipinski definition) is 1. The number of rotatable bonds is 1. The van der Waals surface area contributed by atoms with E-state index < -0.39 is 0 Å². The number of aromatic hydroxyl groups is 1. The summed E-state index contributed by atoms with van der Waals surface area (Å²) in [6, 6.07) is 30.6. The Morgan fingerprint density at radius 3 is 1.26 bits per heavy atom. The average molecular weight is 329 g/mol. The molecule has 0 atom stereocenters. The maximum absolute atomic E-state index is 8.63. The highest BCUT2D eigenvalue weighted by molar-refractivity contribution is 6.27. The first-order valence-corrected chi connectivity index (χ1v) is 7.32. The van der Waals surface area contributed by atoms with E-state index in [-0.39, 0.29) is 5.48 Å². The molecule has 0 aliphatic heterocycles. The van der Waals surface area contributed by atoms with Gasteiger partial charge in [0, 0.05) is 5.54 Å². The minimum absolute atomic E-state index is 0. The van der Waals surface area contributed by atoms with Crippen molar-refractivity contribution in [3.8, 4) is 5.75 Å². The van der Waals surface area contributed by atoms with Crippen LogP contribution in [0, 0.1) is 0 Å². The standard InChI is InChI=1S/C8H7Cl.C6H6O.C6H6.H2O/c9-7-6-8-4-2-1-3-5-8;7-6-4-2-1-3-5-6;1-2-4-6-5-3-1;/h1-7H;1-5,7H;1-6H;1H2. The molecule has 120 valence electrons. The van der Waals surface area contributed by atoms with Crippen molar-refractivity contribution >= 4 is 17.7 Å². The molecule has 0 unspecified atom stereocenters. The van der Waals surface area contributed by atoms with Gasteiger partial charge < -0.3 is 10.6 Å². The van der Waals surface area contributed by atoms with Gasteiger partial charge >= 0.3 is 0 Å². The van der Waals surface area contributed by atoms with Crippen LogP contribution in [0.5, 0.6) is 5.75 Å². The van der Waals surface area contributed by atoms with Crippen LogP contribution in [-0.2, 0) is 0 Å². The number of phenolic OH excluding ortho intramolecular Hbond substituents is 1. The number of halogens is 1. The second-order valence-electron chi connectivity index (χ2n) is 4.19. The second kappa shape index (κ2) is 14.4. The molecule has 3 rings (SSSR count). The van der Waals surface area contributed by atoms with Crippen LogP contribution in [0.2, 0.25) is 0 Å². The Kier molecular flexibility index (Phi) is 12.8. The van der Waals surface area contributed by atoms with Crippen molar-refractivity contribution in [2.45, 2.75) is 0 Å². The van der Waals surface area contributed by atoms with E-state index in [9.17, 15) is 0 Å². The van der Waals surface area contributed by atoms with Gasteiger partial charge in [-0.3, -0.25) is 0 Å². The van der Waals surface area contributed by atoms with Gasteiger partial charge in [0.2, 0.25) is 0 Å². The Morgan fingerprint density at radius 1 is 0.609 bits per heavy atom. The predicted molar refractivity (Wildman–Crippen MR) is 99.5 cm³/mol. The summed E-state index contributed by atoms with van der Waals surface area (Å²) in [7, 11) is 0. The summed E-state index contributed by atoms with van der Waals surface area (Å²) in [5, 5.41) is 8.63. The molecular weight excluding hydrogens is 308 g/mol. The van der Waals surface area contributed by atoms with Crippen molar-refractivity contribution in [3.05, 3.63) is 108 Å². The Labute approximate surface area is 142 Å². The first-order chi connectivity index (χ1) is 10.8. The minimum atomic E-state index is 0. The van der Waals surface area contributed by atoms with Crippen LogP contribution in [0.25, 0.3) is 6.08 Å². The van der Waals surface area contributed by atoms with E-state index in [0.717, 1.165) is 5.56 Å². The van der Waals surface area contributed by atoms with Gasteiger partial charge in [-0.2, -0.15) is 0 Å². The monoisotopic (exact) mass is 328 g/mol. The maximum atomic E-state index is 8.63. The first-order valence-electron chi connectivity index (χ1n) is 6.89. The lowest BCUT2D eigenvalue weighted by atomic mass is 10.2. The predicted octanol–water partition coefficient (Wildman–Crippen LogP) is 5.15. The second-order valence-corrected chi connectivity index (χ2v) is 4.45. The van der Waals surface area contributed by atoms with Gasteiger partial charge in [0.05, 0.1) is 0 Å². The molecule has 0 aliphatic carbocycles. The van der Waals surface area contributed by atoms with Crippen molar-refractivity contribution in [2.75, 3.05) is 0 Å². The van der Waals surface area contributed by atoms with E-state index in [4.69, 9.17) is 16.7 Å². The van der Waals surface area contributed by atoms with E-state index in [1.165, 1.54) is 5.54 Å². The van der Waals surface area contributed by atoms with Gasteiger partial charge in [-0.05, 0) is 23.8 Å². The lowest BCUT2D eigenvalue weighted by molar-refractivity contribution is 0.475. The Morgan fingerprint density at radius 2 is 0.957 bits per heavy atom. The van der Waals surface area contributed by atoms with Crippen LogP contribution in [-0.4, -0.2) is 10.6 Å².